The summed E-state index contributed by atoms with van der Waals surface area (Å²) in [6.45, 7) is 11.3. The Morgan fingerprint density at radius 1 is 1.15 bits per heavy atom. The molecular weight excluding hydrogens is 158 g/mol. The summed E-state index contributed by atoms with van der Waals surface area (Å²) in [5, 5.41) is 0. The van der Waals surface area contributed by atoms with E-state index >= 15 is 0 Å². The highest BCUT2D eigenvalue weighted by Gasteiger charge is 2.34. The Kier molecular flexibility index (Phi) is 2.39. The van der Waals surface area contributed by atoms with Gasteiger partial charge in [0.2, 0.25) is 0 Å². The maximum atomic E-state index is 2.69. The maximum absolute atomic E-state index is 2.69. The van der Waals surface area contributed by atoms with Gasteiger partial charge in [-0.05, 0) is 43.1 Å². The summed E-state index contributed by atoms with van der Waals surface area (Å²) in [4.78, 5) is 2.69. The molecule has 1 heteroatoms. The number of hydrogen-bond acceptors (Lipinski definition) is 1. The average molecular weight is 181 g/mol. The summed E-state index contributed by atoms with van der Waals surface area (Å²) in [6, 6.07) is 0. The van der Waals surface area contributed by atoms with Crippen LogP contribution >= 0.6 is 0 Å². The Labute approximate surface area is 82.5 Å². The zero-order chi connectivity index (χ0) is 9.47. The molecule has 0 bridgehead atoms. The largest absolute Gasteiger partial charge is 0.303 e. The molecule has 1 unspecified atom stereocenters. The standard InChI is InChI=1S/C12H23N/c1-12(2,3)11-6-7-13(9-11)8-10-4-5-10/h10-11H,4-9H2,1-3H3. The van der Waals surface area contributed by atoms with Gasteiger partial charge in [-0.3, -0.25) is 0 Å². The van der Waals surface area contributed by atoms with Crippen LogP contribution in [0.25, 0.3) is 0 Å². The van der Waals surface area contributed by atoms with Crippen LogP contribution in [-0.2, 0) is 0 Å². The molecule has 1 aliphatic heterocycles. The van der Waals surface area contributed by atoms with Gasteiger partial charge in [-0.15, -0.1) is 0 Å². The third kappa shape index (κ3) is 2.46. The fourth-order valence-electron chi connectivity index (χ4n) is 2.37. The van der Waals surface area contributed by atoms with Crippen molar-refractivity contribution in [1.82, 2.24) is 4.90 Å². The Morgan fingerprint density at radius 2 is 1.85 bits per heavy atom. The van der Waals surface area contributed by atoms with E-state index in [1.807, 2.05) is 0 Å². The van der Waals surface area contributed by atoms with Crippen LogP contribution in [0.1, 0.15) is 40.0 Å². The van der Waals surface area contributed by atoms with Crippen LogP contribution in [0.3, 0.4) is 0 Å². The van der Waals surface area contributed by atoms with Gasteiger partial charge in [-0.25, -0.2) is 0 Å². The maximum Gasteiger partial charge on any atom is 0.00153 e. The number of nitrogens with zero attached hydrogens (tertiary/aromatic N) is 1. The molecule has 1 saturated carbocycles. The zero-order valence-electron chi connectivity index (χ0n) is 9.34. The minimum Gasteiger partial charge on any atom is -0.303 e. The van der Waals surface area contributed by atoms with Crippen LogP contribution in [0.5, 0.6) is 0 Å². The smallest absolute Gasteiger partial charge is 0.00153 e. The van der Waals surface area contributed by atoms with E-state index in [-0.39, 0.29) is 0 Å². The second-order valence-electron chi connectivity index (χ2n) is 6.05. The lowest BCUT2D eigenvalue weighted by Gasteiger charge is -2.27. The third-order valence-corrected chi connectivity index (χ3v) is 3.71. The quantitative estimate of drug-likeness (QED) is 0.633. The lowest BCUT2D eigenvalue weighted by atomic mass is 9.80. The molecule has 0 aromatic heterocycles. The fourth-order valence-corrected chi connectivity index (χ4v) is 2.37. The first-order valence-corrected chi connectivity index (χ1v) is 5.78. The predicted octanol–water partition coefficient (Wildman–Crippen LogP) is 2.76. The molecule has 0 aromatic rings. The molecule has 0 radical (unpaired) electrons. The summed E-state index contributed by atoms with van der Waals surface area (Å²) in [5.74, 6) is 2.00. The molecule has 1 atom stereocenters. The van der Waals surface area contributed by atoms with Crippen LogP contribution < -0.4 is 0 Å². The van der Waals surface area contributed by atoms with Crippen LogP contribution in [-0.4, -0.2) is 24.5 Å². The molecule has 2 aliphatic rings. The molecule has 0 aromatic carbocycles. The van der Waals surface area contributed by atoms with Gasteiger partial charge < -0.3 is 4.90 Å². The van der Waals surface area contributed by atoms with E-state index in [0.717, 1.165) is 11.8 Å². The number of hydrogen-bond donors (Lipinski definition) is 0. The van der Waals surface area contributed by atoms with Gasteiger partial charge in [-0.2, -0.15) is 0 Å². The summed E-state index contributed by atoms with van der Waals surface area (Å²) >= 11 is 0. The predicted molar refractivity (Wildman–Crippen MR) is 56.7 cm³/mol. The summed E-state index contributed by atoms with van der Waals surface area (Å²) in [7, 11) is 0. The minimum absolute atomic E-state index is 0.526. The molecule has 1 saturated heterocycles. The lowest BCUT2D eigenvalue weighted by Crippen LogP contribution is -2.27. The summed E-state index contributed by atoms with van der Waals surface area (Å²) in [6.07, 6.45) is 4.42. The Hall–Kier alpha value is -0.0400. The molecule has 0 amide bonds. The van der Waals surface area contributed by atoms with Crippen molar-refractivity contribution in [2.24, 2.45) is 17.3 Å². The van der Waals surface area contributed by atoms with Crippen molar-refractivity contribution >= 4 is 0 Å². The first-order chi connectivity index (χ1) is 6.05. The Balaban J connectivity index is 1.79. The Bertz CT molecular complexity index is 176. The highest BCUT2D eigenvalue weighted by molar-refractivity contribution is 4.86. The van der Waals surface area contributed by atoms with Crippen LogP contribution in [0.2, 0.25) is 0 Å². The second kappa shape index (κ2) is 3.27. The lowest BCUT2D eigenvalue weighted by molar-refractivity contribution is 0.226. The highest BCUT2D eigenvalue weighted by atomic mass is 15.2. The molecule has 76 valence electrons. The molecule has 1 nitrogen and oxygen atoms in total. The first-order valence-electron chi connectivity index (χ1n) is 5.78. The molecule has 2 fully saturated rings. The molecule has 2 rings (SSSR count). The summed E-state index contributed by atoms with van der Waals surface area (Å²) < 4.78 is 0. The zero-order valence-corrected chi connectivity index (χ0v) is 9.34. The van der Waals surface area contributed by atoms with Crippen molar-refractivity contribution in [3.63, 3.8) is 0 Å². The van der Waals surface area contributed by atoms with Crippen molar-refractivity contribution in [3.8, 4) is 0 Å². The van der Waals surface area contributed by atoms with Crippen LogP contribution in [0.4, 0.5) is 0 Å². The molecule has 13 heavy (non-hydrogen) atoms. The van der Waals surface area contributed by atoms with Gasteiger partial charge in [0.1, 0.15) is 0 Å². The molecular formula is C12H23N. The van der Waals surface area contributed by atoms with E-state index in [1.165, 1.54) is 38.9 Å². The number of likely N-dealkylation sites (tertiary alicyclic amines) is 1. The van der Waals surface area contributed by atoms with E-state index in [1.54, 1.807) is 0 Å². The van der Waals surface area contributed by atoms with Gasteiger partial charge in [0.05, 0.1) is 0 Å². The van der Waals surface area contributed by atoms with E-state index < -0.39 is 0 Å². The third-order valence-electron chi connectivity index (χ3n) is 3.71. The Morgan fingerprint density at radius 3 is 2.31 bits per heavy atom. The van der Waals surface area contributed by atoms with Gasteiger partial charge in [0, 0.05) is 13.1 Å². The fraction of sp³-hybridized carbons (Fsp3) is 1.00. The van der Waals surface area contributed by atoms with Crippen molar-refractivity contribution in [2.75, 3.05) is 19.6 Å². The SMILES string of the molecule is CC(C)(C)C1CCN(CC2CC2)C1. The van der Waals surface area contributed by atoms with Crippen molar-refractivity contribution in [3.05, 3.63) is 0 Å². The van der Waals surface area contributed by atoms with Gasteiger partial charge in [-0.1, -0.05) is 20.8 Å². The number of rotatable bonds is 2. The van der Waals surface area contributed by atoms with E-state index in [4.69, 9.17) is 0 Å². The highest BCUT2D eigenvalue weighted by Crippen LogP contribution is 2.36. The van der Waals surface area contributed by atoms with Crippen molar-refractivity contribution < 1.29 is 0 Å². The molecule has 1 heterocycles. The summed E-state index contributed by atoms with van der Waals surface area (Å²) in [5.41, 5.74) is 0.526. The van der Waals surface area contributed by atoms with Crippen molar-refractivity contribution in [2.45, 2.75) is 40.0 Å². The normalized spacial score (nSPS) is 31.2. The minimum atomic E-state index is 0.526. The van der Waals surface area contributed by atoms with Crippen molar-refractivity contribution in [1.29, 1.82) is 0 Å². The topological polar surface area (TPSA) is 3.24 Å². The average Bonchev–Trinajstić information content (AvgIpc) is 2.63. The van der Waals surface area contributed by atoms with Crippen LogP contribution in [0.15, 0.2) is 0 Å². The van der Waals surface area contributed by atoms with E-state index in [9.17, 15) is 0 Å². The second-order valence-corrected chi connectivity index (χ2v) is 6.05. The monoisotopic (exact) mass is 181 g/mol. The van der Waals surface area contributed by atoms with Gasteiger partial charge in [0.15, 0.2) is 0 Å². The van der Waals surface area contributed by atoms with E-state index in [0.29, 0.717) is 5.41 Å². The van der Waals surface area contributed by atoms with E-state index in [2.05, 4.69) is 25.7 Å². The molecule has 0 spiro atoms. The van der Waals surface area contributed by atoms with Gasteiger partial charge in [0.25, 0.3) is 0 Å². The van der Waals surface area contributed by atoms with Gasteiger partial charge >= 0.3 is 0 Å². The first kappa shape index (κ1) is 9.51. The van der Waals surface area contributed by atoms with Crippen LogP contribution in [0, 0.1) is 17.3 Å². The molecule has 0 N–H and O–H groups in total. The molecule has 1 aliphatic carbocycles.